The van der Waals surface area contributed by atoms with Crippen molar-refractivity contribution in [3.05, 3.63) is 66.2 Å². The van der Waals surface area contributed by atoms with Gasteiger partial charge in [-0.1, -0.05) is 48.5 Å². The first kappa shape index (κ1) is 25.3. The Hall–Kier alpha value is -2.77. The van der Waals surface area contributed by atoms with Crippen LogP contribution in [0.1, 0.15) is 11.9 Å². The van der Waals surface area contributed by atoms with Crippen molar-refractivity contribution in [1.29, 1.82) is 0 Å². The second-order valence-electron chi connectivity index (χ2n) is 7.70. The smallest absolute Gasteiger partial charge is 0.446 e. The van der Waals surface area contributed by atoms with Crippen LogP contribution in [0.2, 0.25) is 0 Å². The number of hydrogen-bond donors (Lipinski definition) is 1. The van der Waals surface area contributed by atoms with Gasteiger partial charge in [-0.15, -0.1) is 0 Å². The van der Waals surface area contributed by atoms with Crippen molar-refractivity contribution in [2.75, 3.05) is 13.7 Å². The predicted molar refractivity (Wildman–Crippen MR) is 118 cm³/mol. The fraction of sp³-hybridized carbons (Fsp3) is 0.391. The van der Waals surface area contributed by atoms with Gasteiger partial charge in [0, 0.05) is 24.9 Å². The molecule has 1 amide bonds. The van der Waals surface area contributed by atoms with Gasteiger partial charge in [-0.2, -0.15) is 13.2 Å². The molecule has 1 N–H and O–H groups in total. The summed E-state index contributed by atoms with van der Waals surface area (Å²) < 4.78 is 73.5. The lowest BCUT2D eigenvalue weighted by molar-refractivity contribution is -0.339. The average Bonchev–Trinajstić information content (AvgIpc) is 2.85. The minimum atomic E-state index is -5.15. The molecule has 2 aliphatic heterocycles. The number of nitrogens with one attached hydrogen (secondary N) is 1. The molecule has 0 aromatic heterocycles. The van der Waals surface area contributed by atoms with Gasteiger partial charge in [0.05, 0.1) is 6.61 Å². The predicted octanol–water partition coefficient (Wildman–Crippen LogP) is 3.27. The molecular formula is C23H22F3NO7S. The van der Waals surface area contributed by atoms with Gasteiger partial charge in [-0.3, -0.25) is 4.79 Å². The quantitative estimate of drug-likeness (QED) is 0.610. The van der Waals surface area contributed by atoms with Crippen molar-refractivity contribution in [3.8, 4) is 5.75 Å². The molecule has 0 radical (unpaired) electrons. The molecule has 2 aromatic carbocycles. The number of ether oxygens (including phenoxy) is 6. The summed E-state index contributed by atoms with van der Waals surface area (Å²) in [4.78, 5) is 12.0. The number of hydrogen-bond acceptors (Lipinski definition) is 8. The van der Waals surface area contributed by atoms with Crippen LogP contribution in [0.5, 0.6) is 5.75 Å². The van der Waals surface area contributed by atoms with Crippen molar-refractivity contribution < 1.29 is 46.4 Å². The van der Waals surface area contributed by atoms with Crippen molar-refractivity contribution in [2.24, 2.45) is 0 Å². The maximum absolute atomic E-state index is 13.2. The molecule has 2 saturated heterocycles. The van der Waals surface area contributed by atoms with Gasteiger partial charge in [0.15, 0.2) is 18.7 Å². The van der Waals surface area contributed by atoms with Gasteiger partial charge in [-0.05, 0) is 12.1 Å². The first-order valence-electron chi connectivity index (χ1n) is 10.6. The van der Waals surface area contributed by atoms with Crippen LogP contribution in [0.3, 0.4) is 0 Å². The van der Waals surface area contributed by atoms with Crippen LogP contribution < -0.4 is 10.1 Å². The highest BCUT2D eigenvalue weighted by Gasteiger charge is 2.54. The van der Waals surface area contributed by atoms with Gasteiger partial charge < -0.3 is 33.7 Å². The molecule has 6 atom stereocenters. The number of benzene rings is 2. The van der Waals surface area contributed by atoms with Crippen LogP contribution in [-0.4, -0.2) is 61.7 Å². The van der Waals surface area contributed by atoms with Crippen LogP contribution in [0.15, 0.2) is 60.7 Å². The molecule has 1 unspecified atom stereocenters. The number of alkyl halides is 3. The van der Waals surface area contributed by atoms with Crippen LogP contribution in [0.25, 0.3) is 0 Å². The van der Waals surface area contributed by atoms with Gasteiger partial charge >= 0.3 is 17.3 Å². The first-order chi connectivity index (χ1) is 16.8. The van der Waals surface area contributed by atoms with Crippen LogP contribution >= 0.6 is 12.2 Å². The Kier molecular flexibility index (Phi) is 7.87. The summed E-state index contributed by atoms with van der Waals surface area (Å²) in [7, 11) is 1.28. The first-order valence-corrected chi connectivity index (χ1v) is 11.0. The molecule has 0 aliphatic carbocycles. The maximum Gasteiger partial charge on any atom is 0.471 e. The van der Waals surface area contributed by atoms with E-state index in [9.17, 15) is 18.0 Å². The zero-order valence-corrected chi connectivity index (χ0v) is 19.2. The SMILES string of the molecule is CO[C@@H]1O[C@H]2COC(c3ccccc3)O[C@H]2[C@@H](NC(=O)C(F)(F)F)[C@H]1OC(=S)Oc1ccccc1. The van der Waals surface area contributed by atoms with Gasteiger partial charge in [0.1, 0.15) is 24.0 Å². The highest BCUT2D eigenvalue weighted by atomic mass is 32.1. The summed E-state index contributed by atoms with van der Waals surface area (Å²) in [6, 6.07) is 15.8. The number of fused-ring (bicyclic) bond motifs is 1. The fourth-order valence-corrected chi connectivity index (χ4v) is 4.01. The molecule has 35 heavy (non-hydrogen) atoms. The van der Waals surface area contributed by atoms with Crippen LogP contribution in [0, 0.1) is 0 Å². The molecular weight excluding hydrogens is 491 g/mol. The van der Waals surface area contributed by atoms with E-state index in [0.29, 0.717) is 11.3 Å². The topological polar surface area (TPSA) is 84.5 Å². The van der Waals surface area contributed by atoms with Crippen LogP contribution in [-0.2, 0) is 28.5 Å². The molecule has 2 fully saturated rings. The van der Waals surface area contributed by atoms with E-state index in [0.717, 1.165) is 0 Å². The van der Waals surface area contributed by atoms with Crippen molar-refractivity contribution in [1.82, 2.24) is 5.32 Å². The number of halogens is 3. The Morgan fingerprint density at radius 2 is 1.71 bits per heavy atom. The largest absolute Gasteiger partial charge is 0.471 e. The van der Waals surface area contributed by atoms with E-state index < -0.39 is 54.3 Å². The number of amides is 1. The molecule has 4 rings (SSSR count). The molecule has 2 aliphatic rings. The lowest BCUT2D eigenvalue weighted by Crippen LogP contribution is -2.69. The van der Waals surface area contributed by atoms with Crippen molar-refractivity contribution in [2.45, 2.75) is 43.1 Å². The molecule has 12 heteroatoms. The molecule has 8 nitrogen and oxygen atoms in total. The van der Waals surface area contributed by atoms with Gasteiger partial charge in [0.25, 0.3) is 0 Å². The third-order valence-electron chi connectivity index (χ3n) is 5.38. The molecule has 0 bridgehead atoms. The average molecular weight is 513 g/mol. The lowest BCUT2D eigenvalue weighted by atomic mass is 9.94. The highest BCUT2D eigenvalue weighted by molar-refractivity contribution is 7.79. The number of methoxy groups -OCH3 is 1. The Bertz CT molecular complexity index is 1010. The van der Waals surface area contributed by atoms with Crippen molar-refractivity contribution >= 4 is 23.4 Å². The van der Waals surface area contributed by atoms with E-state index in [-0.39, 0.29) is 6.61 Å². The third-order valence-corrected chi connectivity index (χ3v) is 5.56. The van der Waals surface area contributed by atoms with Crippen LogP contribution in [0.4, 0.5) is 13.2 Å². The fourth-order valence-electron chi connectivity index (χ4n) is 3.81. The summed E-state index contributed by atoms with van der Waals surface area (Å²) in [5.41, 5.74) is 0.640. The molecule has 2 heterocycles. The lowest BCUT2D eigenvalue weighted by Gasteiger charge is -2.48. The molecule has 0 saturated carbocycles. The Morgan fingerprint density at radius 3 is 2.34 bits per heavy atom. The molecule has 188 valence electrons. The number of carbonyl (C=O) groups is 1. The molecule has 0 spiro atoms. The van der Waals surface area contributed by atoms with Gasteiger partial charge in [0.2, 0.25) is 0 Å². The Morgan fingerprint density at radius 1 is 1.06 bits per heavy atom. The zero-order valence-electron chi connectivity index (χ0n) is 18.3. The summed E-state index contributed by atoms with van der Waals surface area (Å²) >= 11 is 5.15. The zero-order chi connectivity index (χ0) is 25.0. The number of carbonyl (C=O) groups excluding carboxylic acids is 1. The van der Waals surface area contributed by atoms with E-state index in [1.54, 1.807) is 60.7 Å². The minimum Gasteiger partial charge on any atom is -0.446 e. The van der Waals surface area contributed by atoms with E-state index in [2.05, 4.69) is 0 Å². The highest BCUT2D eigenvalue weighted by Crippen LogP contribution is 2.36. The monoisotopic (exact) mass is 513 g/mol. The molecule has 2 aromatic rings. The van der Waals surface area contributed by atoms with E-state index >= 15 is 0 Å². The summed E-state index contributed by atoms with van der Waals surface area (Å²) in [5, 5.41) is 1.57. The Labute approximate surface area is 204 Å². The normalized spacial score (nSPS) is 28.5. The summed E-state index contributed by atoms with van der Waals surface area (Å²) in [6.45, 7) is -0.0276. The maximum atomic E-state index is 13.2. The Balaban J connectivity index is 1.60. The number of rotatable bonds is 5. The minimum absolute atomic E-state index is 0.0276. The van der Waals surface area contributed by atoms with E-state index in [1.165, 1.54) is 7.11 Å². The van der Waals surface area contributed by atoms with E-state index in [4.69, 9.17) is 40.6 Å². The number of thiocarbonyl (C=S) groups is 1. The summed E-state index contributed by atoms with van der Waals surface area (Å²) in [6.07, 6.45) is -10.5. The number of para-hydroxylation sites is 1. The third kappa shape index (κ3) is 6.08. The second-order valence-corrected chi connectivity index (χ2v) is 8.03. The standard InChI is InChI=1S/C23H22F3NO7S/c1-29-20-18(34-22(35)31-14-10-6-3-7-11-14)16(27-21(28)23(24,25)26)17-15(32-20)12-30-19(33-17)13-8-4-2-5-9-13/h2-11,15-20H,12H2,1H3,(H,27,28)/t15-,16+,17+,18+,19?,20+/m0/s1. The van der Waals surface area contributed by atoms with Gasteiger partial charge in [-0.25, -0.2) is 0 Å². The van der Waals surface area contributed by atoms with Crippen molar-refractivity contribution in [3.63, 3.8) is 0 Å². The second kappa shape index (κ2) is 10.9. The van der Waals surface area contributed by atoms with E-state index in [1.807, 2.05) is 5.32 Å². The summed E-state index contributed by atoms with van der Waals surface area (Å²) in [5.74, 6) is -1.82.